The average molecular weight is 469 g/mol. The normalized spacial score (nSPS) is 16.4. The molecule has 1 fully saturated rings. The van der Waals surface area contributed by atoms with Crippen LogP contribution in [0.4, 0.5) is 5.69 Å². The zero-order valence-corrected chi connectivity index (χ0v) is 17.2. The predicted molar refractivity (Wildman–Crippen MR) is 116 cm³/mol. The Bertz CT molecular complexity index is 1170. The first kappa shape index (κ1) is 19.2. The number of furan rings is 1. The van der Waals surface area contributed by atoms with Crippen LogP contribution in [0.2, 0.25) is 0 Å². The van der Waals surface area contributed by atoms with E-state index in [1.54, 1.807) is 30.3 Å². The molecule has 0 spiro atoms. The summed E-state index contributed by atoms with van der Waals surface area (Å²) >= 11 is 4.63. The fourth-order valence-corrected chi connectivity index (χ4v) is 3.84. The summed E-state index contributed by atoms with van der Waals surface area (Å²) in [7, 11) is 0. The summed E-state index contributed by atoms with van der Waals surface area (Å²) in [4.78, 5) is 28.1. The summed E-state index contributed by atoms with van der Waals surface area (Å²) in [6.45, 7) is 0. The number of nitrogens with one attached hydrogen (secondary N) is 1. The summed E-state index contributed by atoms with van der Waals surface area (Å²) in [5.41, 5.74) is 1.69. The topological polar surface area (TPSA) is 91.9 Å². The second kappa shape index (κ2) is 8.10. The lowest BCUT2D eigenvalue weighted by Gasteiger charge is -1.98. The molecule has 0 atom stereocenters. The molecule has 2 aromatic carbocycles. The van der Waals surface area contributed by atoms with E-state index in [1.165, 1.54) is 23.9 Å². The van der Waals surface area contributed by atoms with Gasteiger partial charge in [-0.3, -0.25) is 4.79 Å². The number of amides is 1. The van der Waals surface area contributed by atoms with Crippen LogP contribution in [0.15, 0.2) is 79.5 Å². The molecule has 2 heterocycles. The van der Waals surface area contributed by atoms with Crippen LogP contribution in [-0.4, -0.2) is 22.2 Å². The maximum atomic E-state index is 12.2. The summed E-state index contributed by atoms with van der Waals surface area (Å²) in [6.07, 6.45) is 1.65. The van der Waals surface area contributed by atoms with Gasteiger partial charge in [-0.2, -0.15) is 0 Å². The van der Waals surface area contributed by atoms with Crippen LogP contribution in [0.3, 0.4) is 0 Å². The minimum atomic E-state index is -0.981. The van der Waals surface area contributed by atoms with Gasteiger partial charge >= 0.3 is 5.97 Å². The largest absolute Gasteiger partial charge is 0.478 e. The van der Waals surface area contributed by atoms with Gasteiger partial charge in [-0.25, -0.2) is 9.79 Å². The molecule has 1 aliphatic heterocycles. The molecule has 0 unspecified atom stereocenters. The monoisotopic (exact) mass is 468 g/mol. The fourth-order valence-electron chi connectivity index (χ4n) is 2.64. The molecular weight excluding hydrogens is 456 g/mol. The number of amidine groups is 1. The fraction of sp³-hybridized carbons (Fsp3) is 0. The number of carboxylic acid groups (broad SMARTS) is 1. The highest BCUT2D eigenvalue weighted by atomic mass is 79.9. The molecule has 8 heteroatoms. The highest BCUT2D eigenvalue weighted by Gasteiger charge is 2.24. The Balaban J connectivity index is 1.53. The van der Waals surface area contributed by atoms with Crippen molar-refractivity contribution in [2.45, 2.75) is 0 Å². The Hall–Kier alpha value is -3.10. The smallest absolute Gasteiger partial charge is 0.335 e. The zero-order chi connectivity index (χ0) is 20.4. The molecule has 2 N–H and O–H groups in total. The molecule has 6 nitrogen and oxygen atoms in total. The van der Waals surface area contributed by atoms with E-state index in [9.17, 15) is 9.59 Å². The van der Waals surface area contributed by atoms with Crippen LogP contribution < -0.4 is 5.32 Å². The SMILES string of the molecule is O=C1NC(=Nc2cccc(Br)c2)SC1=Cc1ccc(-c2ccc(C(=O)O)cc2)o1. The third-order valence-corrected chi connectivity index (χ3v) is 5.41. The Morgan fingerprint density at radius 3 is 2.66 bits per heavy atom. The van der Waals surface area contributed by atoms with E-state index >= 15 is 0 Å². The van der Waals surface area contributed by atoms with Crippen molar-refractivity contribution < 1.29 is 19.1 Å². The standard InChI is InChI=1S/C21H13BrN2O4S/c22-14-2-1-3-15(10-14)23-21-24-19(25)18(29-21)11-16-8-9-17(28-16)12-4-6-13(7-5-12)20(26)27/h1-11H,(H,26,27)(H,23,24,25). The Labute approximate surface area is 178 Å². The number of carbonyl (C=O) groups is 2. The van der Waals surface area contributed by atoms with Crippen molar-refractivity contribution in [3.05, 3.63) is 81.4 Å². The van der Waals surface area contributed by atoms with Crippen LogP contribution in [0.5, 0.6) is 0 Å². The van der Waals surface area contributed by atoms with Gasteiger partial charge in [-0.1, -0.05) is 34.1 Å². The first-order valence-electron chi connectivity index (χ1n) is 8.47. The van der Waals surface area contributed by atoms with Gasteiger partial charge in [0.05, 0.1) is 16.2 Å². The van der Waals surface area contributed by atoms with Crippen molar-refractivity contribution in [3.8, 4) is 11.3 Å². The summed E-state index contributed by atoms with van der Waals surface area (Å²) in [5, 5.41) is 12.2. The van der Waals surface area contributed by atoms with Gasteiger partial charge < -0.3 is 14.8 Å². The number of thioether (sulfide) groups is 1. The Kier molecular flexibility index (Phi) is 5.37. The van der Waals surface area contributed by atoms with Crippen molar-refractivity contribution in [1.82, 2.24) is 5.32 Å². The van der Waals surface area contributed by atoms with E-state index < -0.39 is 5.97 Å². The number of nitrogens with zero attached hydrogens (tertiary/aromatic N) is 1. The average Bonchev–Trinajstić information content (AvgIpc) is 3.29. The van der Waals surface area contributed by atoms with Crippen LogP contribution in [-0.2, 0) is 4.79 Å². The quantitative estimate of drug-likeness (QED) is 0.506. The van der Waals surface area contributed by atoms with Gasteiger partial charge in [0.2, 0.25) is 0 Å². The lowest BCUT2D eigenvalue weighted by atomic mass is 10.1. The maximum absolute atomic E-state index is 12.2. The minimum absolute atomic E-state index is 0.207. The second-order valence-electron chi connectivity index (χ2n) is 6.05. The van der Waals surface area contributed by atoms with E-state index in [0.29, 0.717) is 21.6 Å². The van der Waals surface area contributed by atoms with E-state index in [1.807, 2.05) is 24.3 Å². The maximum Gasteiger partial charge on any atom is 0.335 e. The second-order valence-corrected chi connectivity index (χ2v) is 7.99. The van der Waals surface area contributed by atoms with Crippen molar-refractivity contribution >= 4 is 56.5 Å². The highest BCUT2D eigenvalue weighted by Crippen LogP contribution is 2.30. The number of carboxylic acids is 1. The third kappa shape index (κ3) is 4.49. The number of hydrogen-bond acceptors (Lipinski definition) is 5. The number of aromatic carboxylic acids is 1. The molecule has 0 bridgehead atoms. The van der Waals surface area contributed by atoms with Gasteiger partial charge in [-0.15, -0.1) is 0 Å². The molecule has 144 valence electrons. The lowest BCUT2D eigenvalue weighted by Crippen LogP contribution is -2.19. The Morgan fingerprint density at radius 1 is 1.14 bits per heavy atom. The van der Waals surface area contributed by atoms with Crippen LogP contribution in [0, 0.1) is 0 Å². The summed E-state index contributed by atoms with van der Waals surface area (Å²) < 4.78 is 6.69. The van der Waals surface area contributed by atoms with Crippen LogP contribution in [0.1, 0.15) is 16.1 Å². The van der Waals surface area contributed by atoms with E-state index in [4.69, 9.17) is 9.52 Å². The number of benzene rings is 2. The number of rotatable bonds is 4. The molecule has 0 saturated carbocycles. The Morgan fingerprint density at radius 2 is 1.93 bits per heavy atom. The highest BCUT2D eigenvalue weighted by molar-refractivity contribution is 9.10. The van der Waals surface area contributed by atoms with Crippen molar-refractivity contribution in [2.75, 3.05) is 0 Å². The van der Waals surface area contributed by atoms with Crippen molar-refractivity contribution in [3.63, 3.8) is 0 Å². The molecule has 1 amide bonds. The number of halogens is 1. The number of aliphatic imine (C=N–C) groups is 1. The predicted octanol–water partition coefficient (Wildman–Crippen LogP) is 5.30. The summed E-state index contributed by atoms with van der Waals surface area (Å²) in [6, 6.07) is 17.4. The van der Waals surface area contributed by atoms with Gasteiger partial charge in [-0.05, 0) is 54.2 Å². The van der Waals surface area contributed by atoms with Gasteiger partial charge in [0, 0.05) is 16.1 Å². The van der Waals surface area contributed by atoms with E-state index in [0.717, 1.165) is 15.7 Å². The van der Waals surface area contributed by atoms with E-state index in [2.05, 4.69) is 26.2 Å². The third-order valence-electron chi connectivity index (χ3n) is 4.01. The molecule has 1 aliphatic rings. The van der Waals surface area contributed by atoms with E-state index in [-0.39, 0.29) is 11.5 Å². The van der Waals surface area contributed by atoms with Gasteiger partial charge in [0.1, 0.15) is 11.5 Å². The summed E-state index contributed by atoms with van der Waals surface area (Å²) in [5.74, 6) is -0.123. The lowest BCUT2D eigenvalue weighted by molar-refractivity contribution is -0.115. The molecule has 29 heavy (non-hydrogen) atoms. The van der Waals surface area contributed by atoms with Crippen molar-refractivity contribution in [1.29, 1.82) is 0 Å². The molecule has 1 aromatic heterocycles. The first-order chi connectivity index (χ1) is 14.0. The van der Waals surface area contributed by atoms with Crippen molar-refractivity contribution in [2.24, 2.45) is 4.99 Å². The number of carbonyl (C=O) groups excluding carboxylic acids is 1. The molecular formula is C21H13BrN2O4S. The molecule has 1 saturated heterocycles. The molecule has 0 aliphatic carbocycles. The van der Waals surface area contributed by atoms with Crippen LogP contribution in [0.25, 0.3) is 17.4 Å². The van der Waals surface area contributed by atoms with Gasteiger partial charge in [0.25, 0.3) is 5.91 Å². The molecule has 0 radical (unpaired) electrons. The van der Waals surface area contributed by atoms with Crippen LogP contribution >= 0.6 is 27.7 Å². The first-order valence-corrected chi connectivity index (χ1v) is 10.1. The van der Waals surface area contributed by atoms with Gasteiger partial charge in [0.15, 0.2) is 5.17 Å². The number of hydrogen-bond donors (Lipinski definition) is 2. The molecule has 3 aromatic rings. The minimum Gasteiger partial charge on any atom is -0.478 e. The molecule has 4 rings (SSSR count). The zero-order valence-electron chi connectivity index (χ0n) is 14.8.